The van der Waals surface area contributed by atoms with Crippen molar-refractivity contribution < 1.29 is 0 Å². The van der Waals surface area contributed by atoms with E-state index < -0.39 is 0 Å². The number of hydrogen-bond donors (Lipinski definition) is 1. The van der Waals surface area contributed by atoms with Crippen LogP contribution in [0.5, 0.6) is 0 Å². The van der Waals surface area contributed by atoms with Crippen LogP contribution in [0.25, 0.3) is 0 Å². The van der Waals surface area contributed by atoms with Crippen molar-refractivity contribution in [3.05, 3.63) is 34.9 Å². The Morgan fingerprint density at radius 2 is 2.11 bits per heavy atom. The molecule has 0 heterocycles. The summed E-state index contributed by atoms with van der Waals surface area (Å²) >= 11 is 0. The number of nitrogens with one attached hydrogen (secondary N) is 1. The van der Waals surface area contributed by atoms with Crippen molar-refractivity contribution >= 4 is 0 Å². The molecule has 18 heavy (non-hydrogen) atoms. The van der Waals surface area contributed by atoms with Gasteiger partial charge in [-0.3, -0.25) is 0 Å². The molecular formula is C17H23N. The highest BCUT2D eigenvalue weighted by Crippen LogP contribution is 2.27. The van der Waals surface area contributed by atoms with Crippen LogP contribution in [0.3, 0.4) is 0 Å². The summed E-state index contributed by atoms with van der Waals surface area (Å²) in [6, 6.07) is 7.50. The number of fused-ring (bicyclic) bond motifs is 1. The van der Waals surface area contributed by atoms with Crippen molar-refractivity contribution in [2.24, 2.45) is 0 Å². The number of rotatable bonds is 5. The standard InChI is InChI=1S/C17H23N/c1-3-5-6-10-17(18-4-2)16-12-11-14-8-7-9-15(14)13-16/h11-13,17-18H,4,6-10H2,1-2H3. The molecule has 0 aliphatic heterocycles. The van der Waals surface area contributed by atoms with Gasteiger partial charge in [-0.2, -0.15) is 0 Å². The van der Waals surface area contributed by atoms with Gasteiger partial charge in [0, 0.05) is 12.5 Å². The molecule has 1 aromatic carbocycles. The van der Waals surface area contributed by atoms with Crippen molar-refractivity contribution in [1.29, 1.82) is 0 Å². The van der Waals surface area contributed by atoms with Crippen molar-refractivity contribution in [1.82, 2.24) is 5.32 Å². The first-order valence-corrected chi connectivity index (χ1v) is 7.09. The molecule has 0 saturated heterocycles. The largest absolute Gasteiger partial charge is 0.310 e. The first-order chi connectivity index (χ1) is 8.85. The summed E-state index contributed by atoms with van der Waals surface area (Å²) in [6.07, 6.45) is 5.93. The van der Waals surface area contributed by atoms with Gasteiger partial charge in [0.05, 0.1) is 0 Å². The van der Waals surface area contributed by atoms with E-state index in [0.717, 1.165) is 19.4 Å². The van der Waals surface area contributed by atoms with Gasteiger partial charge in [0.2, 0.25) is 0 Å². The molecule has 1 unspecified atom stereocenters. The Balaban J connectivity index is 2.10. The third kappa shape index (κ3) is 3.15. The number of hydrogen-bond acceptors (Lipinski definition) is 1. The van der Waals surface area contributed by atoms with Crippen LogP contribution < -0.4 is 5.32 Å². The van der Waals surface area contributed by atoms with Crippen LogP contribution in [-0.2, 0) is 12.8 Å². The maximum Gasteiger partial charge on any atom is 0.0329 e. The highest BCUT2D eigenvalue weighted by Gasteiger charge is 2.15. The zero-order chi connectivity index (χ0) is 12.8. The van der Waals surface area contributed by atoms with E-state index >= 15 is 0 Å². The molecule has 1 atom stereocenters. The summed E-state index contributed by atoms with van der Waals surface area (Å²) in [5, 5.41) is 3.58. The van der Waals surface area contributed by atoms with E-state index in [9.17, 15) is 0 Å². The first kappa shape index (κ1) is 13.2. The zero-order valence-electron chi connectivity index (χ0n) is 11.6. The molecule has 0 amide bonds. The van der Waals surface area contributed by atoms with E-state index in [2.05, 4.69) is 42.3 Å². The molecule has 0 spiro atoms. The average molecular weight is 241 g/mol. The molecule has 1 N–H and O–H groups in total. The van der Waals surface area contributed by atoms with Gasteiger partial charge in [0.15, 0.2) is 0 Å². The monoisotopic (exact) mass is 241 g/mol. The van der Waals surface area contributed by atoms with Gasteiger partial charge in [-0.05, 0) is 55.8 Å². The normalized spacial score (nSPS) is 14.8. The van der Waals surface area contributed by atoms with Crippen LogP contribution >= 0.6 is 0 Å². The average Bonchev–Trinajstić information content (AvgIpc) is 2.85. The Morgan fingerprint density at radius 3 is 2.89 bits per heavy atom. The van der Waals surface area contributed by atoms with Crippen molar-refractivity contribution in [3.8, 4) is 11.8 Å². The predicted octanol–water partition coefficient (Wildman–Crippen LogP) is 3.63. The second-order valence-corrected chi connectivity index (χ2v) is 4.96. The van der Waals surface area contributed by atoms with Crippen LogP contribution in [0.2, 0.25) is 0 Å². The van der Waals surface area contributed by atoms with Gasteiger partial charge in [-0.15, -0.1) is 11.8 Å². The van der Waals surface area contributed by atoms with E-state index in [0.29, 0.717) is 6.04 Å². The molecule has 0 bridgehead atoms. The van der Waals surface area contributed by atoms with E-state index in [1.165, 1.54) is 24.8 Å². The van der Waals surface area contributed by atoms with E-state index in [1.54, 1.807) is 11.1 Å². The molecule has 1 aromatic rings. The quantitative estimate of drug-likeness (QED) is 0.776. The fourth-order valence-corrected chi connectivity index (χ4v) is 2.78. The summed E-state index contributed by atoms with van der Waals surface area (Å²) in [5.41, 5.74) is 4.56. The Morgan fingerprint density at radius 1 is 1.28 bits per heavy atom. The molecule has 0 radical (unpaired) electrons. The van der Waals surface area contributed by atoms with E-state index in [-0.39, 0.29) is 0 Å². The molecule has 1 heteroatoms. The maximum absolute atomic E-state index is 3.58. The molecule has 1 aliphatic rings. The van der Waals surface area contributed by atoms with Gasteiger partial charge in [0.25, 0.3) is 0 Å². The van der Waals surface area contributed by atoms with Crippen molar-refractivity contribution in [3.63, 3.8) is 0 Å². The molecule has 0 saturated carbocycles. The summed E-state index contributed by atoms with van der Waals surface area (Å²) in [4.78, 5) is 0. The van der Waals surface area contributed by atoms with Crippen LogP contribution in [-0.4, -0.2) is 6.54 Å². The molecule has 0 fully saturated rings. The predicted molar refractivity (Wildman–Crippen MR) is 77.6 cm³/mol. The molecule has 2 rings (SSSR count). The third-order valence-corrected chi connectivity index (χ3v) is 3.71. The lowest BCUT2D eigenvalue weighted by Gasteiger charge is -2.18. The fraction of sp³-hybridized carbons (Fsp3) is 0.529. The molecule has 0 aromatic heterocycles. The fourth-order valence-electron chi connectivity index (χ4n) is 2.78. The Labute approximate surface area is 111 Å². The van der Waals surface area contributed by atoms with Crippen LogP contribution in [0.15, 0.2) is 18.2 Å². The molecular weight excluding hydrogens is 218 g/mol. The molecule has 1 aliphatic carbocycles. The summed E-state index contributed by atoms with van der Waals surface area (Å²) in [6.45, 7) is 5.10. The Bertz CT molecular complexity index is 450. The van der Waals surface area contributed by atoms with Crippen molar-refractivity contribution in [2.75, 3.05) is 6.54 Å². The van der Waals surface area contributed by atoms with Gasteiger partial charge in [-0.1, -0.05) is 25.1 Å². The van der Waals surface area contributed by atoms with Gasteiger partial charge >= 0.3 is 0 Å². The smallest absolute Gasteiger partial charge is 0.0329 e. The summed E-state index contributed by atoms with van der Waals surface area (Å²) in [7, 11) is 0. The molecule has 1 nitrogen and oxygen atoms in total. The van der Waals surface area contributed by atoms with E-state index in [4.69, 9.17) is 0 Å². The highest BCUT2D eigenvalue weighted by molar-refractivity contribution is 5.36. The summed E-state index contributed by atoms with van der Waals surface area (Å²) in [5.74, 6) is 6.15. The van der Waals surface area contributed by atoms with Crippen LogP contribution in [0.1, 0.15) is 55.8 Å². The summed E-state index contributed by atoms with van der Waals surface area (Å²) < 4.78 is 0. The second-order valence-electron chi connectivity index (χ2n) is 4.96. The van der Waals surface area contributed by atoms with Gasteiger partial charge in [0.1, 0.15) is 0 Å². The maximum atomic E-state index is 3.58. The SMILES string of the molecule is CC#CCCC(NCC)c1ccc2c(c1)CCC2. The first-order valence-electron chi connectivity index (χ1n) is 7.09. The number of benzene rings is 1. The highest BCUT2D eigenvalue weighted by atomic mass is 14.9. The lowest BCUT2D eigenvalue weighted by atomic mass is 9.98. The van der Waals surface area contributed by atoms with Gasteiger partial charge < -0.3 is 5.32 Å². The third-order valence-electron chi connectivity index (χ3n) is 3.71. The minimum atomic E-state index is 0.460. The topological polar surface area (TPSA) is 12.0 Å². The van der Waals surface area contributed by atoms with Crippen molar-refractivity contribution in [2.45, 2.75) is 52.0 Å². The number of aryl methyl sites for hydroxylation is 2. The Hall–Kier alpha value is -1.26. The zero-order valence-corrected chi connectivity index (χ0v) is 11.6. The lowest BCUT2D eigenvalue weighted by Crippen LogP contribution is -2.20. The minimum absolute atomic E-state index is 0.460. The second kappa shape index (κ2) is 6.61. The van der Waals surface area contributed by atoms with Crippen LogP contribution in [0, 0.1) is 11.8 Å². The lowest BCUT2D eigenvalue weighted by molar-refractivity contribution is 0.522. The Kier molecular flexibility index (Phi) is 4.84. The van der Waals surface area contributed by atoms with Crippen LogP contribution in [0.4, 0.5) is 0 Å². The van der Waals surface area contributed by atoms with E-state index in [1.807, 2.05) is 6.92 Å². The molecule has 96 valence electrons. The van der Waals surface area contributed by atoms with Gasteiger partial charge in [-0.25, -0.2) is 0 Å². The minimum Gasteiger partial charge on any atom is -0.310 e.